The number of likely N-dealkylation sites (tertiary alicyclic amines) is 1. The fourth-order valence-electron chi connectivity index (χ4n) is 2.59. The lowest BCUT2D eigenvalue weighted by Crippen LogP contribution is -2.31. The summed E-state index contributed by atoms with van der Waals surface area (Å²) in [5.41, 5.74) is 1.00. The quantitative estimate of drug-likeness (QED) is 0.834. The number of carbonyl (C=O) groups excluding carboxylic acids is 1. The monoisotopic (exact) mass is 261 g/mol. The van der Waals surface area contributed by atoms with Crippen LogP contribution in [-0.2, 0) is 11.2 Å². The van der Waals surface area contributed by atoms with Crippen molar-refractivity contribution in [2.75, 3.05) is 20.1 Å². The molecule has 1 fully saturated rings. The van der Waals surface area contributed by atoms with Gasteiger partial charge in [0, 0.05) is 18.5 Å². The predicted octanol–water partition coefficient (Wildman–Crippen LogP) is 2.68. The number of likely N-dealkylation sites (N-methyl/N-ethyl adjacent to an activating group) is 1. The van der Waals surface area contributed by atoms with Crippen molar-refractivity contribution in [2.45, 2.75) is 38.7 Å². The number of para-hydroxylation sites is 1. The van der Waals surface area contributed by atoms with Gasteiger partial charge in [-0.1, -0.05) is 18.2 Å². The first kappa shape index (κ1) is 14.1. The average molecular weight is 261 g/mol. The molecule has 0 amide bonds. The maximum atomic E-state index is 11.3. The molecule has 1 aliphatic rings. The van der Waals surface area contributed by atoms with E-state index in [2.05, 4.69) is 11.9 Å². The SMILES string of the molecule is CC(=O)Cc1ccccc1OC1CCCCN(C)C1. The van der Waals surface area contributed by atoms with Gasteiger partial charge in [-0.15, -0.1) is 0 Å². The van der Waals surface area contributed by atoms with Gasteiger partial charge in [0.15, 0.2) is 0 Å². The van der Waals surface area contributed by atoms with Gasteiger partial charge < -0.3 is 9.64 Å². The van der Waals surface area contributed by atoms with Gasteiger partial charge >= 0.3 is 0 Å². The van der Waals surface area contributed by atoms with Crippen molar-refractivity contribution < 1.29 is 9.53 Å². The molecule has 1 heterocycles. The summed E-state index contributed by atoms with van der Waals surface area (Å²) in [6.45, 7) is 3.74. The smallest absolute Gasteiger partial charge is 0.134 e. The third-order valence-corrected chi connectivity index (χ3v) is 3.54. The number of Topliss-reactive ketones (excluding diaryl/α,β-unsaturated/α-hetero) is 1. The molecule has 3 heteroatoms. The second-order valence-electron chi connectivity index (χ2n) is 5.48. The Morgan fingerprint density at radius 1 is 1.37 bits per heavy atom. The molecule has 1 aromatic carbocycles. The summed E-state index contributed by atoms with van der Waals surface area (Å²) in [4.78, 5) is 13.6. The standard InChI is InChI=1S/C16H23NO2/c1-13(18)11-14-7-3-4-9-16(14)19-15-8-5-6-10-17(2)12-15/h3-4,7,9,15H,5-6,8,10-12H2,1-2H3. The molecule has 104 valence electrons. The number of hydrogen-bond donors (Lipinski definition) is 0. The van der Waals surface area contributed by atoms with E-state index in [1.54, 1.807) is 6.92 Å². The Morgan fingerprint density at radius 2 is 2.16 bits per heavy atom. The van der Waals surface area contributed by atoms with E-state index in [1.807, 2.05) is 24.3 Å². The van der Waals surface area contributed by atoms with Crippen LogP contribution in [0.3, 0.4) is 0 Å². The molecule has 0 N–H and O–H groups in total. The molecular weight excluding hydrogens is 238 g/mol. The highest BCUT2D eigenvalue weighted by atomic mass is 16.5. The summed E-state index contributed by atoms with van der Waals surface area (Å²) in [7, 11) is 2.14. The van der Waals surface area contributed by atoms with E-state index in [4.69, 9.17) is 4.74 Å². The predicted molar refractivity (Wildman–Crippen MR) is 76.6 cm³/mol. The van der Waals surface area contributed by atoms with Crippen molar-refractivity contribution in [1.82, 2.24) is 4.90 Å². The van der Waals surface area contributed by atoms with E-state index in [1.165, 1.54) is 12.8 Å². The van der Waals surface area contributed by atoms with E-state index in [0.29, 0.717) is 6.42 Å². The number of benzene rings is 1. The van der Waals surface area contributed by atoms with Crippen LogP contribution >= 0.6 is 0 Å². The van der Waals surface area contributed by atoms with E-state index in [-0.39, 0.29) is 11.9 Å². The van der Waals surface area contributed by atoms with Crippen LogP contribution in [0.2, 0.25) is 0 Å². The van der Waals surface area contributed by atoms with Crippen molar-refractivity contribution in [3.05, 3.63) is 29.8 Å². The number of ketones is 1. The molecule has 1 aromatic rings. The van der Waals surface area contributed by atoms with Gasteiger partial charge in [-0.3, -0.25) is 4.79 Å². The summed E-state index contributed by atoms with van der Waals surface area (Å²) >= 11 is 0. The Morgan fingerprint density at radius 3 is 2.95 bits per heavy atom. The summed E-state index contributed by atoms with van der Waals surface area (Å²) in [6.07, 6.45) is 4.24. The van der Waals surface area contributed by atoms with Gasteiger partial charge in [0.25, 0.3) is 0 Å². The van der Waals surface area contributed by atoms with E-state index >= 15 is 0 Å². The lowest BCUT2D eigenvalue weighted by molar-refractivity contribution is -0.116. The zero-order valence-corrected chi connectivity index (χ0v) is 11.9. The molecule has 0 radical (unpaired) electrons. The highest BCUT2D eigenvalue weighted by Gasteiger charge is 2.18. The first-order valence-electron chi connectivity index (χ1n) is 7.07. The lowest BCUT2D eigenvalue weighted by atomic mass is 10.1. The van der Waals surface area contributed by atoms with Crippen molar-refractivity contribution in [3.63, 3.8) is 0 Å². The molecule has 1 unspecified atom stereocenters. The molecule has 19 heavy (non-hydrogen) atoms. The van der Waals surface area contributed by atoms with Gasteiger partial charge in [-0.05, 0) is 45.8 Å². The van der Waals surface area contributed by atoms with Gasteiger partial charge in [0.05, 0.1) is 0 Å². The van der Waals surface area contributed by atoms with Crippen molar-refractivity contribution in [3.8, 4) is 5.75 Å². The summed E-state index contributed by atoms with van der Waals surface area (Å²) in [6, 6.07) is 7.89. The number of ether oxygens (including phenoxy) is 1. The van der Waals surface area contributed by atoms with Crippen LogP contribution in [0.5, 0.6) is 5.75 Å². The first-order valence-corrected chi connectivity index (χ1v) is 7.07. The maximum absolute atomic E-state index is 11.3. The van der Waals surface area contributed by atoms with Crippen LogP contribution in [-0.4, -0.2) is 36.9 Å². The lowest BCUT2D eigenvalue weighted by Gasteiger charge is -2.22. The number of carbonyl (C=O) groups is 1. The Bertz CT molecular complexity index is 431. The van der Waals surface area contributed by atoms with Crippen molar-refractivity contribution in [1.29, 1.82) is 0 Å². The normalized spacial score (nSPS) is 20.8. The second kappa shape index (κ2) is 6.71. The van der Waals surface area contributed by atoms with Gasteiger partial charge in [0.2, 0.25) is 0 Å². The Labute approximate surface area is 115 Å². The van der Waals surface area contributed by atoms with E-state index in [9.17, 15) is 4.79 Å². The largest absolute Gasteiger partial charge is 0.489 e. The minimum atomic E-state index is 0.175. The molecule has 1 aliphatic heterocycles. The van der Waals surface area contributed by atoms with Crippen molar-refractivity contribution >= 4 is 5.78 Å². The Kier molecular flexibility index (Phi) is 4.97. The molecule has 2 rings (SSSR count). The summed E-state index contributed by atoms with van der Waals surface area (Å²) < 4.78 is 6.14. The minimum absolute atomic E-state index is 0.175. The van der Waals surface area contributed by atoms with Crippen LogP contribution in [0.15, 0.2) is 24.3 Å². The topological polar surface area (TPSA) is 29.5 Å². The molecule has 0 bridgehead atoms. The zero-order chi connectivity index (χ0) is 13.7. The average Bonchev–Trinajstić information content (AvgIpc) is 2.55. The van der Waals surface area contributed by atoms with E-state index < -0.39 is 0 Å². The third kappa shape index (κ3) is 4.35. The fourth-order valence-corrected chi connectivity index (χ4v) is 2.59. The van der Waals surface area contributed by atoms with Crippen LogP contribution in [0.25, 0.3) is 0 Å². The highest BCUT2D eigenvalue weighted by Crippen LogP contribution is 2.23. The number of rotatable bonds is 4. The molecule has 0 saturated carbocycles. The maximum Gasteiger partial charge on any atom is 0.134 e. The molecule has 1 saturated heterocycles. The Hall–Kier alpha value is -1.35. The van der Waals surface area contributed by atoms with E-state index in [0.717, 1.165) is 30.8 Å². The molecule has 0 aromatic heterocycles. The van der Waals surface area contributed by atoms with Crippen LogP contribution in [0.4, 0.5) is 0 Å². The third-order valence-electron chi connectivity index (χ3n) is 3.54. The second-order valence-corrected chi connectivity index (χ2v) is 5.48. The van der Waals surface area contributed by atoms with Gasteiger partial charge in [-0.25, -0.2) is 0 Å². The summed E-state index contributed by atoms with van der Waals surface area (Å²) in [5, 5.41) is 0. The van der Waals surface area contributed by atoms with Gasteiger partial charge in [-0.2, -0.15) is 0 Å². The number of hydrogen-bond acceptors (Lipinski definition) is 3. The van der Waals surface area contributed by atoms with Crippen LogP contribution in [0, 0.1) is 0 Å². The fraction of sp³-hybridized carbons (Fsp3) is 0.562. The zero-order valence-electron chi connectivity index (χ0n) is 11.9. The van der Waals surface area contributed by atoms with Crippen LogP contribution in [0.1, 0.15) is 31.7 Å². The molecule has 0 spiro atoms. The Balaban J connectivity index is 2.06. The van der Waals surface area contributed by atoms with Crippen LogP contribution < -0.4 is 4.74 Å². The van der Waals surface area contributed by atoms with Crippen molar-refractivity contribution in [2.24, 2.45) is 0 Å². The summed E-state index contributed by atoms with van der Waals surface area (Å²) in [5.74, 6) is 1.05. The minimum Gasteiger partial charge on any atom is -0.489 e. The molecule has 1 atom stereocenters. The highest BCUT2D eigenvalue weighted by molar-refractivity contribution is 5.78. The number of nitrogens with zero attached hydrogens (tertiary/aromatic N) is 1. The molecule has 0 aliphatic carbocycles. The molecular formula is C16H23NO2. The molecule has 3 nitrogen and oxygen atoms in total. The first-order chi connectivity index (χ1) is 9.15. The van der Waals surface area contributed by atoms with Gasteiger partial charge in [0.1, 0.15) is 17.6 Å².